The van der Waals surface area contributed by atoms with Crippen LogP contribution in [0.4, 0.5) is 0 Å². The molecule has 0 saturated carbocycles. The maximum atomic E-state index is 12.8. The Morgan fingerprint density at radius 3 is 2.14 bits per heavy atom. The molecule has 3 aromatic rings. The van der Waals surface area contributed by atoms with Gasteiger partial charge in [-0.3, -0.25) is 0 Å². The van der Waals surface area contributed by atoms with E-state index in [-0.39, 0.29) is 5.75 Å². The normalized spacial score (nSPS) is 11.6. The van der Waals surface area contributed by atoms with E-state index in [1.165, 1.54) is 0 Å². The van der Waals surface area contributed by atoms with Gasteiger partial charge >= 0.3 is 174 Å². The molecule has 3 rings (SSSR count). The van der Waals surface area contributed by atoms with Crippen LogP contribution in [-0.4, -0.2) is 15.0 Å². The Labute approximate surface area is 173 Å². The van der Waals surface area contributed by atoms with Gasteiger partial charge in [-0.15, -0.1) is 0 Å². The zero-order chi connectivity index (χ0) is 19.8. The first-order valence-corrected chi connectivity index (χ1v) is 13.2. The summed E-state index contributed by atoms with van der Waals surface area (Å²) < 4.78 is 39.0. The number of ether oxygens (including phenoxy) is 1. The van der Waals surface area contributed by atoms with Gasteiger partial charge in [-0.25, -0.2) is 0 Å². The zero-order valence-corrected chi connectivity index (χ0v) is 18.2. The Hall–Kier alpha value is -2.16. The molecule has 6 heteroatoms. The van der Waals surface area contributed by atoms with Crippen molar-refractivity contribution in [1.82, 2.24) is 0 Å². The predicted molar refractivity (Wildman–Crippen MR) is 120 cm³/mol. The summed E-state index contributed by atoms with van der Waals surface area (Å²) in [5.41, 5.74) is 0.697. The summed E-state index contributed by atoms with van der Waals surface area (Å²) in [4.78, 5) is 0. The van der Waals surface area contributed by atoms with Crippen molar-refractivity contribution in [2.75, 3.05) is 6.61 Å². The summed E-state index contributed by atoms with van der Waals surface area (Å²) in [5.74, 6) is 0.469. The number of para-hydroxylation sites is 1. The third kappa shape index (κ3) is 5.67. The topological polar surface area (TPSA) is 52.6 Å². The van der Waals surface area contributed by atoms with Crippen molar-refractivity contribution in [2.24, 2.45) is 0 Å². The third-order valence-corrected chi connectivity index (χ3v) is 11.2. The molecule has 0 saturated heterocycles. The van der Waals surface area contributed by atoms with E-state index < -0.39 is 30.4 Å². The van der Waals surface area contributed by atoms with Crippen molar-refractivity contribution in [3.63, 3.8) is 0 Å². The molecule has 0 aliphatic rings. The summed E-state index contributed by atoms with van der Waals surface area (Å²) in [7, 11) is -3.77. The Bertz CT molecular complexity index is 1000. The van der Waals surface area contributed by atoms with E-state index in [0.717, 1.165) is 7.14 Å². The van der Waals surface area contributed by atoms with Crippen molar-refractivity contribution in [1.29, 1.82) is 0 Å². The minimum absolute atomic E-state index is 0.162. The van der Waals surface area contributed by atoms with E-state index in [4.69, 9.17) is 7.25 Å². The summed E-state index contributed by atoms with van der Waals surface area (Å²) in [6.45, 7) is 4.02. The molecular formula is C22H21IO4S. The first kappa shape index (κ1) is 20.6. The van der Waals surface area contributed by atoms with Crippen molar-refractivity contribution in [2.45, 2.75) is 5.75 Å². The van der Waals surface area contributed by atoms with Crippen LogP contribution in [0.3, 0.4) is 0 Å². The molecule has 28 heavy (non-hydrogen) atoms. The maximum absolute atomic E-state index is 12.8. The van der Waals surface area contributed by atoms with Crippen molar-refractivity contribution in [3.8, 4) is 5.75 Å². The van der Waals surface area contributed by atoms with Crippen LogP contribution in [-0.2, 0) is 18.4 Å². The molecule has 146 valence electrons. The Kier molecular flexibility index (Phi) is 7.24. The van der Waals surface area contributed by atoms with Crippen LogP contribution in [0.1, 0.15) is 5.56 Å². The number of rotatable bonds is 9. The summed E-state index contributed by atoms with van der Waals surface area (Å²) in [6.07, 6.45) is 1.66. The molecule has 0 fully saturated rings. The van der Waals surface area contributed by atoms with E-state index in [9.17, 15) is 8.42 Å². The fourth-order valence-electron chi connectivity index (χ4n) is 2.47. The van der Waals surface area contributed by atoms with Gasteiger partial charge in [0.25, 0.3) is 0 Å². The monoisotopic (exact) mass is 508 g/mol. The van der Waals surface area contributed by atoms with Gasteiger partial charge in [-0.1, -0.05) is 0 Å². The summed E-state index contributed by atoms with van der Waals surface area (Å²) in [6, 6.07) is 26.0. The zero-order valence-electron chi connectivity index (χ0n) is 15.2. The number of halogens is 1. The van der Waals surface area contributed by atoms with Crippen molar-refractivity contribution in [3.05, 3.63) is 110 Å². The van der Waals surface area contributed by atoms with Gasteiger partial charge in [0.15, 0.2) is 0 Å². The van der Waals surface area contributed by atoms with Gasteiger partial charge in [0.05, 0.1) is 0 Å². The molecule has 0 spiro atoms. The molecule has 0 amide bonds. The first-order valence-electron chi connectivity index (χ1n) is 8.63. The van der Waals surface area contributed by atoms with Gasteiger partial charge in [-0.2, -0.15) is 0 Å². The molecule has 0 radical (unpaired) electrons. The molecular weight excluding hydrogens is 487 g/mol. The van der Waals surface area contributed by atoms with Gasteiger partial charge in [0.1, 0.15) is 0 Å². The van der Waals surface area contributed by atoms with E-state index in [1.807, 2.05) is 72.8 Å². The van der Waals surface area contributed by atoms with Crippen LogP contribution in [0, 0.1) is 7.14 Å². The standard InChI is InChI=1S/C22H21IO4S/c1-2-17-26-22-16-10-9-15-21(22)23(20-13-7-4-8-14-20)27-28(24,25)18-19-11-5-3-6-12-19/h2-16H,1,17-18H2. The average molecular weight is 508 g/mol. The molecule has 0 heterocycles. The van der Waals surface area contributed by atoms with Crippen LogP contribution in [0.2, 0.25) is 0 Å². The van der Waals surface area contributed by atoms with Crippen LogP contribution < -0.4 is 4.74 Å². The molecule has 0 atom stereocenters. The Balaban J connectivity index is 1.96. The summed E-state index contributed by atoms with van der Waals surface area (Å²) in [5, 5.41) is 0. The van der Waals surface area contributed by atoms with Gasteiger partial charge < -0.3 is 0 Å². The van der Waals surface area contributed by atoms with Crippen molar-refractivity contribution >= 4 is 30.4 Å². The van der Waals surface area contributed by atoms with Crippen LogP contribution in [0.25, 0.3) is 0 Å². The second kappa shape index (κ2) is 9.86. The molecule has 0 N–H and O–H groups in total. The van der Waals surface area contributed by atoms with Crippen molar-refractivity contribution < 1.29 is 15.7 Å². The van der Waals surface area contributed by atoms with E-state index in [2.05, 4.69) is 6.58 Å². The van der Waals surface area contributed by atoms with E-state index in [0.29, 0.717) is 17.9 Å². The minimum atomic E-state index is -3.77. The second-order valence-electron chi connectivity index (χ2n) is 5.83. The van der Waals surface area contributed by atoms with E-state index in [1.54, 1.807) is 18.2 Å². The van der Waals surface area contributed by atoms with Crippen LogP contribution >= 0.6 is 20.2 Å². The third-order valence-electron chi connectivity index (χ3n) is 3.65. The van der Waals surface area contributed by atoms with Gasteiger partial charge in [0.2, 0.25) is 0 Å². The average Bonchev–Trinajstić information content (AvgIpc) is 2.72. The van der Waals surface area contributed by atoms with Crippen LogP contribution in [0.5, 0.6) is 5.75 Å². The molecule has 3 aromatic carbocycles. The molecule has 0 aromatic heterocycles. The number of hydrogen-bond acceptors (Lipinski definition) is 4. The SMILES string of the molecule is C=CCOc1ccccc1I(OS(=O)(=O)Cc1ccccc1)c1ccccc1. The predicted octanol–water partition coefficient (Wildman–Crippen LogP) is 5.26. The molecule has 0 unspecified atom stereocenters. The number of benzene rings is 3. The quantitative estimate of drug-likeness (QED) is 0.293. The van der Waals surface area contributed by atoms with Gasteiger partial charge in [-0.05, 0) is 0 Å². The Morgan fingerprint density at radius 2 is 1.46 bits per heavy atom. The Morgan fingerprint density at radius 1 is 0.857 bits per heavy atom. The molecule has 0 aliphatic heterocycles. The first-order chi connectivity index (χ1) is 13.6. The molecule has 0 aliphatic carbocycles. The fourth-order valence-corrected chi connectivity index (χ4v) is 9.76. The van der Waals surface area contributed by atoms with Gasteiger partial charge in [0, 0.05) is 0 Å². The second-order valence-corrected chi connectivity index (χ2v) is 12.3. The molecule has 4 nitrogen and oxygen atoms in total. The number of hydrogen-bond donors (Lipinski definition) is 0. The van der Waals surface area contributed by atoms with E-state index >= 15 is 0 Å². The van der Waals surface area contributed by atoms with Crippen LogP contribution in [0.15, 0.2) is 97.6 Å². The molecule has 0 bridgehead atoms. The fraction of sp³-hybridized carbons (Fsp3) is 0.0909. The summed E-state index contributed by atoms with van der Waals surface area (Å²) >= 11 is -2.77.